The van der Waals surface area contributed by atoms with E-state index in [2.05, 4.69) is 21.7 Å². The van der Waals surface area contributed by atoms with Gasteiger partial charge in [-0.25, -0.2) is 0 Å². The van der Waals surface area contributed by atoms with E-state index in [1.54, 1.807) is 18.2 Å². The predicted octanol–water partition coefficient (Wildman–Crippen LogP) is 4.48. The maximum atomic E-state index is 12.4. The molecule has 0 aliphatic rings. The van der Waals surface area contributed by atoms with Crippen LogP contribution in [0.15, 0.2) is 48.7 Å². The lowest BCUT2D eigenvalue weighted by atomic mass is 10.1. The average molecular weight is 461 g/mol. The zero-order valence-electron chi connectivity index (χ0n) is 17.4. The summed E-state index contributed by atoms with van der Waals surface area (Å²) in [5.74, 6) is -0.338. The molecule has 1 heterocycles. The molecule has 2 amide bonds. The van der Waals surface area contributed by atoms with Gasteiger partial charge in [0.15, 0.2) is 0 Å². The number of para-hydroxylation sites is 1. The molecule has 31 heavy (non-hydrogen) atoms. The molecule has 0 aliphatic heterocycles. The van der Waals surface area contributed by atoms with E-state index < -0.39 is 0 Å². The van der Waals surface area contributed by atoms with Gasteiger partial charge in [0, 0.05) is 28.7 Å². The van der Waals surface area contributed by atoms with Crippen LogP contribution in [0.5, 0.6) is 0 Å². The number of amides is 2. The SMILES string of the molecule is CCCN(CC(=O)NCCc1c[nH]c2ccccc12)CC(=O)Nc1ccc(Cl)cc1Cl. The monoisotopic (exact) mass is 460 g/mol. The first-order valence-electron chi connectivity index (χ1n) is 10.2. The number of rotatable bonds is 10. The molecule has 0 atom stereocenters. The number of fused-ring (bicyclic) bond motifs is 1. The third-order valence-electron chi connectivity index (χ3n) is 4.87. The van der Waals surface area contributed by atoms with Crippen LogP contribution in [0.4, 0.5) is 5.69 Å². The summed E-state index contributed by atoms with van der Waals surface area (Å²) in [5.41, 5.74) is 2.75. The number of carbonyl (C=O) groups is 2. The van der Waals surface area contributed by atoms with Gasteiger partial charge in [0.25, 0.3) is 0 Å². The number of benzene rings is 2. The van der Waals surface area contributed by atoms with E-state index in [1.807, 2.05) is 36.2 Å². The third kappa shape index (κ3) is 6.72. The first-order chi connectivity index (χ1) is 15.0. The van der Waals surface area contributed by atoms with Gasteiger partial charge in [-0.2, -0.15) is 0 Å². The molecule has 8 heteroatoms. The van der Waals surface area contributed by atoms with Crippen molar-refractivity contribution in [3.63, 3.8) is 0 Å². The second kappa shape index (κ2) is 11.2. The summed E-state index contributed by atoms with van der Waals surface area (Å²) >= 11 is 12.0. The molecule has 0 fully saturated rings. The Labute approximate surface area is 191 Å². The number of nitrogens with zero attached hydrogens (tertiary/aromatic N) is 1. The number of nitrogens with one attached hydrogen (secondary N) is 3. The van der Waals surface area contributed by atoms with Crippen molar-refractivity contribution in [3.05, 3.63) is 64.3 Å². The Morgan fingerprint density at radius 2 is 1.84 bits per heavy atom. The van der Waals surface area contributed by atoms with Crippen molar-refractivity contribution in [3.8, 4) is 0 Å². The number of hydrogen-bond donors (Lipinski definition) is 3. The minimum atomic E-state index is -0.232. The van der Waals surface area contributed by atoms with E-state index in [9.17, 15) is 9.59 Å². The van der Waals surface area contributed by atoms with Gasteiger partial charge in [-0.05, 0) is 49.2 Å². The molecular formula is C23H26Cl2N4O2. The molecular weight excluding hydrogens is 435 g/mol. The first-order valence-corrected chi connectivity index (χ1v) is 11.0. The molecule has 1 aromatic heterocycles. The minimum absolute atomic E-state index is 0.0999. The lowest BCUT2D eigenvalue weighted by Crippen LogP contribution is -2.42. The summed E-state index contributed by atoms with van der Waals surface area (Å²) in [4.78, 5) is 29.9. The molecule has 0 saturated carbocycles. The lowest BCUT2D eigenvalue weighted by molar-refractivity contribution is -0.123. The quantitative estimate of drug-likeness (QED) is 0.417. The fourth-order valence-electron chi connectivity index (χ4n) is 3.45. The van der Waals surface area contributed by atoms with Crippen LogP contribution < -0.4 is 10.6 Å². The molecule has 3 rings (SSSR count). The molecule has 3 aromatic rings. The molecule has 0 radical (unpaired) electrons. The largest absolute Gasteiger partial charge is 0.361 e. The Morgan fingerprint density at radius 3 is 2.61 bits per heavy atom. The van der Waals surface area contributed by atoms with Crippen LogP contribution in [0, 0.1) is 0 Å². The number of carbonyl (C=O) groups excluding carboxylic acids is 2. The van der Waals surface area contributed by atoms with E-state index >= 15 is 0 Å². The summed E-state index contributed by atoms with van der Waals surface area (Å²) < 4.78 is 0. The highest BCUT2D eigenvalue weighted by atomic mass is 35.5. The van der Waals surface area contributed by atoms with Gasteiger partial charge in [0.05, 0.1) is 23.8 Å². The molecule has 0 aliphatic carbocycles. The van der Waals surface area contributed by atoms with Gasteiger partial charge < -0.3 is 15.6 Å². The summed E-state index contributed by atoms with van der Waals surface area (Å²) in [6.07, 6.45) is 3.54. The zero-order chi connectivity index (χ0) is 22.2. The van der Waals surface area contributed by atoms with E-state index in [0.717, 1.165) is 18.4 Å². The van der Waals surface area contributed by atoms with Crippen LogP contribution in [0.1, 0.15) is 18.9 Å². The van der Waals surface area contributed by atoms with Crippen LogP contribution >= 0.6 is 23.2 Å². The molecule has 164 valence electrons. The highest BCUT2D eigenvalue weighted by Gasteiger charge is 2.15. The summed E-state index contributed by atoms with van der Waals surface area (Å²) in [5, 5.41) is 7.76. The Morgan fingerprint density at radius 1 is 1.06 bits per heavy atom. The number of aromatic amines is 1. The number of aromatic nitrogens is 1. The lowest BCUT2D eigenvalue weighted by Gasteiger charge is -2.20. The van der Waals surface area contributed by atoms with Crippen molar-refractivity contribution in [2.75, 3.05) is 31.5 Å². The van der Waals surface area contributed by atoms with E-state index in [1.165, 1.54) is 10.9 Å². The van der Waals surface area contributed by atoms with Crippen molar-refractivity contribution in [2.45, 2.75) is 19.8 Å². The van der Waals surface area contributed by atoms with Crippen LogP contribution in [0.25, 0.3) is 10.9 Å². The van der Waals surface area contributed by atoms with Crippen LogP contribution in [0.3, 0.4) is 0 Å². The Bertz CT molecular complexity index is 1050. The van der Waals surface area contributed by atoms with Crippen molar-refractivity contribution in [1.82, 2.24) is 15.2 Å². The minimum Gasteiger partial charge on any atom is -0.361 e. The number of anilines is 1. The molecule has 2 aromatic carbocycles. The first kappa shape index (κ1) is 23.1. The third-order valence-corrected chi connectivity index (χ3v) is 5.42. The average Bonchev–Trinajstić information content (AvgIpc) is 3.13. The maximum Gasteiger partial charge on any atom is 0.238 e. The van der Waals surface area contributed by atoms with Gasteiger partial charge >= 0.3 is 0 Å². The van der Waals surface area contributed by atoms with Gasteiger partial charge in [-0.1, -0.05) is 48.3 Å². The van der Waals surface area contributed by atoms with Gasteiger partial charge in [0.2, 0.25) is 11.8 Å². The van der Waals surface area contributed by atoms with Gasteiger partial charge in [0.1, 0.15) is 0 Å². The Kier molecular flexibility index (Phi) is 8.35. The summed E-state index contributed by atoms with van der Waals surface area (Å²) in [6, 6.07) is 13.0. The number of hydrogen-bond acceptors (Lipinski definition) is 3. The fourth-order valence-corrected chi connectivity index (χ4v) is 3.90. The Balaban J connectivity index is 1.48. The molecule has 0 unspecified atom stereocenters. The summed E-state index contributed by atoms with van der Waals surface area (Å²) in [7, 11) is 0. The van der Waals surface area contributed by atoms with E-state index in [0.29, 0.717) is 28.8 Å². The van der Waals surface area contributed by atoms with Gasteiger partial charge in [-0.3, -0.25) is 14.5 Å². The molecule has 3 N–H and O–H groups in total. The van der Waals surface area contributed by atoms with E-state index in [-0.39, 0.29) is 24.9 Å². The van der Waals surface area contributed by atoms with Crippen molar-refractivity contribution < 1.29 is 9.59 Å². The zero-order valence-corrected chi connectivity index (χ0v) is 18.9. The van der Waals surface area contributed by atoms with Gasteiger partial charge in [-0.15, -0.1) is 0 Å². The molecule has 0 saturated heterocycles. The second-order valence-electron chi connectivity index (χ2n) is 7.34. The highest BCUT2D eigenvalue weighted by Crippen LogP contribution is 2.25. The molecule has 6 nitrogen and oxygen atoms in total. The standard InChI is InChI=1S/C23H26Cl2N4O2/c1-2-11-29(15-23(31)28-21-8-7-17(24)12-19(21)25)14-22(30)26-10-9-16-13-27-20-6-4-3-5-18(16)20/h3-8,12-13,27H,2,9-11,14-15H2,1H3,(H,26,30)(H,28,31). The maximum absolute atomic E-state index is 12.4. The van der Waals surface area contributed by atoms with Crippen molar-refractivity contribution in [2.24, 2.45) is 0 Å². The van der Waals surface area contributed by atoms with Crippen molar-refractivity contribution in [1.29, 1.82) is 0 Å². The smallest absolute Gasteiger partial charge is 0.238 e. The van der Waals surface area contributed by atoms with Crippen LogP contribution in [-0.2, 0) is 16.0 Å². The Hall–Kier alpha value is -2.54. The van der Waals surface area contributed by atoms with E-state index in [4.69, 9.17) is 23.2 Å². The number of H-pyrrole nitrogens is 1. The number of halogens is 2. The molecule has 0 bridgehead atoms. The normalized spacial score (nSPS) is 11.1. The van der Waals surface area contributed by atoms with Crippen LogP contribution in [0.2, 0.25) is 10.0 Å². The summed E-state index contributed by atoms with van der Waals surface area (Å²) in [6.45, 7) is 3.44. The van der Waals surface area contributed by atoms with Crippen LogP contribution in [-0.4, -0.2) is 47.9 Å². The molecule has 0 spiro atoms. The predicted molar refractivity (Wildman–Crippen MR) is 127 cm³/mol. The fraction of sp³-hybridized carbons (Fsp3) is 0.304. The topological polar surface area (TPSA) is 77.2 Å². The highest BCUT2D eigenvalue weighted by molar-refractivity contribution is 6.36. The van der Waals surface area contributed by atoms with Crippen molar-refractivity contribution >= 4 is 51.6 Å². The second-order valence-corrected chi connectivity index (χ2v) is 8.19.